The highest BCUT2D eigenvalue weighted by atomic mass is 35.5. The van der Waals surface area contributed by atoms with Crippen LogP contribution in [0.4, 0.5) is 10.5 Å². The average Bonchev–Trinajstić information content (AvgIpc) is 2.86. The second kappa shape index (κ2) is 6.92. The second-order valence-electron chi connectivity index (χ2n) is 6.14. The summed E-state index contributed by atoms with van der Waals surface area (Å²) in [6.07, 6.45) is 0.243. The Hall–Kier alpha value is -2.34. The number of anilines is 1. The third-order valence-corrected chi connectivity index (χ3v) is 6.31. The molecular formula is C15H16Cl2N5O5S+. The van der Waals surface area contributed by atoms with Gasteiger partial charge in [0.25, 0.3) is 26.9 Å². The topological polar surface area (TPSA) is 108 Å². The van der Waals surface area contributed by atoms with Crippen LogP contribution in [-0.2, 0) is 19.6 Å². The van der Waals surface area contributed by atoms with Gasteiger partial charge in [0.15, 0.2) is 6.67 Å². The number of sulfonamides is 1. The minimum Gasteiger partial charge on any atom is -0.452 e. The Morgan fingerprint density at radius 1 is 1.32 bits per heavy atom. The number of likely N-dealkylation sites (N-methyl/N-ethyl adjacent to an activating group) is 1. The van der Waals surface area contributed by atoms with Gasteiger partial charge in [0, 0.05) is 0 Å². The number of hydrogen-bond donors (Lipinski definition) is 1. The molecule has 28 heavy (non-hydrogen) atoms. The molecule has 3 rings (SSSR count). The number of hydrogen-bond acceptors (Lipinski definition) is 6. The van der Waals surface area contributed by atoms with Gasteiger partial charge in [-0.1, -0.05) is 29.3 Å². The van der Waals surface area contributed by atoms with Crippen molar-refractivity contribution in [3.05, 3.63) is 40.1 Å². The monoisotopic (exact) mass is 448 g/mol. The van der Waals surface area contributed by atoms with Crippen LogP contribution < -0.4 is 4.72 Å². The fourth-order valence-corrected chi connectivity index (χ4v) is 4.56. The van der Waals surface area contributed by atoms with Crippen molar-refractivity contribution in [3.63, 3.8) is 0 Å². The Kier molecular flexibility index (Phi) is 5.04. The van der Waals surface area contributed by atoms with Gasteiger partial charge in [-0.3, -0.25) is 9.52 Å². The first-order valence-electron chi connectivity index (χ1n) is 7.78. The molecule has 0 aliphatic carbocycles. The molecule has 2 amide bonds. The molecule has 1 unspecified atom stereocenters. The van der Waals surface area contributed by atoms with Crippen LogP contribution in [0.25, 0.3) is 0 Å². The summed E-state index contributed by atoms with van der Waals surface area (Å²) in [6, 6.07) is 4.45. The number of para-hydroxylation sites is 1. The molecule has 0 spiro atoms. The van der Waals surface area contributed by atoms with E-state index in [0.717, 1.165) is 12.0 Å². The highest BCUT2D eigenvalue weighted by Gasteiger charge is 2.52. The molecule has 1 atom stereocenters. The maximum Gasteiger partial charge on any atom is 0.420 e. The molecule has 1 aromatic carbocycles. The second-order valence-corrected chi connectivity index (χ2v) is 8.53. The zero-order valence-corrected chi connectivity index (χ0v) is 17.3. The number of methoxy groups -OCH3 is 1. The van der Waals surface area contributed by atoms with E-state index in [9.17, 15) is 18.0 Å². The number of halogens is 2. The molecule has 0 bridgehead atoms. The number of aliphatic imine (C=N–C) groups is 1. The van der Waals surface area contributed by atoms with Crippen LogP contribution >= 0.6 is 23.2 Å². The first kappa shape index (κ1) is 20.4. The lowest BCUT2D eigenvalue weighted by Gasteiger charge is -2.40. The van der Waals surface area contributed by atoms with Crippen molar-refractivity contribution < 1.29 is 27.3 Å². The highest BCUT2D eigenvalue weighted by molar-refractivity contribution is 8.07. The number of fused-ring (bicyclic) bond motifs is 1. The van der Waals surface area contributed by atoms with Crippen molar-refractivity contribution in [1.82, 2.24) is 9.91 Å². The molecule has 13 heteroatoms. The van der Waals surface area contributed by atoms with E-state index in [1.165, 1.54) is 30.3 Å². The van der Waals surface area contributed by atoms with Gasteiger partial charge < -0.3 is 4.74 Å². The van der Waals surface area contributed by atoms with Crippen molar-refractivity contribution in [2.24, 2.45) is 4.99 Å². The van der Waals surface area contributed by atoms with Gasteiger partial charge in [-0.05, 0) is 12.1 Å². The average molecular weight is 449 g/mol. The number of quaternary nitrogens is 1. The molecule has 150 valence electrons. The van der Waals surface area contributed by atoms with E-state index in [1.807, 2.05) is 0 Å². The van der Waals surface area contributed by atoms with Crippen molar-refractivity contribution in [2.75, 3.05) is 32.6 Å². The summed E-state index contributed by atoms with van der Waals surface area (Å²) < 4.78 is 32.7. The molecule has 2 aliphatic rings. The summed E-state index contributed by atoms with van der Waals surface area (Å²) in [5, 5.41) is 0.803. The lowest BCUT2D eigenvalue weighted by atomic mass is 10.3. The molecule has 0 saturated carbocycles. The minimum atomic E-state index is -4.41. The van der Waals surface area contributed by atoms with Crippen molar-refractivity contribution >= 4 is 56.1 Å². The number of benzene rings is 1. The van der Waals surface area contributed by atoms with Crippen molar-refractivity contribution in [2.45, 2.75) is 0 Å². The molecule has 1 aromatic rings. The standard InChI is InChI=1S/C15H16Cl2N5O5S/c1-20-12(23)7-11-18-14(21(15(24)27-3)8-22(11,20)2)28(25,26)19-13-9(16)5-4-6-10(13)17/h4-7,19H,8H2,1-3H3/q+1. The summed E-state index contributed by atoms with van der Waals surface area (Å²) in [5.41, 5.74) is -0.0604. The summed E-state index contributed by atoms with van der Waals surface area (Å²) >= 11 is 12.1. The van der Waals surface area contributed by atoms with Crippen molar-refractivity contribution in [1.29, 1.82) is 0 Å². The van der Waals surface area contributed by atoms with E-state index in [1.54, 1.807) is 13.1 Å². The Balaban J connectivity index is 2.11. The van der Waals surface area contributed by atoms with Gasteiger partial charge in [0.05, 0.1) is 43.0 Å². The zero-order valence-electron chi connectivity index (χ0n) is 15.0. The molecule has 2 heterocycles. The van der Waals surface area contributed by atoms with E-state index >= 15 is 0 Å². The number of amides is 2. The van der Waals surface area contributed by atoms with E-state index in [0.29, 0.717) is 0 Å². The van der Waals surface area contributed by atoms with Gasteiger partial charge in [-0.2, -0.15) is 27.9 Å². The third kappa shape index (κ3) is 3.20. The number of nitrogens with zero attached hydrogens (tertiary/aromatic N) is 4. The van der Waals surface area contributed by atoms with Gasteiger partial charge in [0.2, 0.25) is 0 Å². The molecule has 0 fully saturated rings. The van der Waals surface area contributed by atoms with Crippen LogP contribution in [0.5, 0.6) is 0 Å². The Morgan fingerprint density at radius 2 is 1.93 bits per heavy atom. The Labute approximate surface area is 171 Å². The van der Waals surface area contributed by atoms with Gasteiger partial charge in [0.1, 0.15) is 0 Å². The lowest BCUT2D eigenvalue weighted by Crippen LogP contribution is -2.63. The summed E-state index contributed by atoms with van der Waals surface area (Å²) in [7, 11) is -0.183. The summed E-state index contributed by atoms with van der Waals surface area (Å²) in [4.78, 5) is 29.2. The highest BCUT2D eigenvalue weighted by Crippen LogP contribution is 2.34. The van der Waals surface area contributed by atoms with Gasteiger partial charge >= 0.3 is 6.09 Å². The van der Waals surface area contributed by atoms with Crippen molar-refractivity contribution in [3.8, 4) is 0 Å². The molecule has 10 nitrogen and oxygen atoms in total. The SMILES string of the molecule is COC(=O)N1C[N+]2(C)C(=CC(=O)N2C)N=C1S(=O)(=O)Nc1c(Cl)cccc1Cl. The molecule has 1 N–H and O–H groups in total. The van der Waals surface area contributed by atoms with Gasteiger partial charge in [-0.25, -0.2) is 4.79 Å². The van der Waals surface area contributed by atoms with E-state index in [-0.39, 0.29) is 38.7 Å². The maximum absolute atomic E-state index is 13.0. The first-order valence-corrected chi connectivity index (χ1v) is 10.0. The number of carbonyl (C=O) groups is 2. The maximum atomic E-state index is 13.0. The number of amidine groups is 1. The summed E-state index contributed by atoms with van der Waals surface area (Å²) in [5.74, 6) is -0.231. The summed E-state index contributed by atoms with van der Waals surface area (Å²) in [6.45, 7) is -0.225. The number of nitrogens with one attached hydrogen (secondary N) is 1. The minimum absolute atomic E-state index is 0.0604. The van der Waals surface area contributed by atoms with E-state index < -0.39 is 21.3 Å². The lowest BCUT2D eigenvalue weighted by molar-refractivity contribution is -0.974. The number of carbonyl (C=O) groups excluding carboxylic acids is 2. The van der Waals surface area contributed by atoms with Crippen LogP contribution in [0.15, 0.2) is 35.1 Å². The number of ether oxygens (including phenoxy) is 1. The van der Waals surface area contributed by atoms with E-state index in [2.05, 4.69) is 9.71 Å². The molecule has 0 aromatic heterocycles. The predicted molar refractivity (Wildman–Crippen MR) is 103 cm³/mol. The van der Waals surface area contributed by atoms with E-state index in [4.69, 9.17) is 27.9 Å². The smallest absolute Gasteiger partial charge is 0.420 e. The number of rotatable bonds is 2. The zero-order chi connectivity index (χ0) is 20.9. The fraction of sp³-hybridized carbons (Fsp3) is 0.267. The Morgan fingerprint density at radius 3 is 2.50 bits per heavy atom. The largest absolute Gasteiger partial charge is 0.452 e. The normalized spacial score (nSPS) is 21.8. The predicted octanol–water partition coefficient (Wildman–Crippen LogP) is 1.81. The molecule has 2 aliphatic heterocycles. The Bertz CT molecular complexity index is 1020. The van der Waals surface area contributed by atoms with Crippen LogP contribution in [0, 0.1) is 0 Å². The molecule has 0 radical (unpaired) electrons. The quantitative estimate of drug-likeness (QED) is 0.693. The van der Waals surface area contributed by atoms with Crippen LogP contribution in [0.1, 0.15) is 0 Å². The van der Waals surface area contributed by atoms with Gasteiger partial charge in [-0.15, -0.1) is 0 Å². The fourth-order valence-electron chi connectivity index (χ4n) is 2.74. The van der Waals surface area contributed by atoms with Crippen LogP contribution in [0.2, 0.25) is 10.0 Å². The van der Waals surface area contributed by atoms with Crippen LogP contribution in [0.3, 0.4) is 0 Å². The first-order chi connectivity index (χ1) is 13.0. The van der Waals surface area contributed by atoms with Crippen LogP contribution in [-0.4, -0.2) is 68.0 Å². The third-order valence-electron chi connectivity index (χ3n) is 4.42. The molecular weight excluding hydrogens is 433 g/mol. The molecule has 0 saturated heterocycles.